The number of carbonyl (C=O) groups excluding carboxylic acids is 2. The molecule has 1 unspecified atom stereocenters. The van der Waals surface area contributed by atoms with Crippen LogP contribution >= 0.6 is 0 Å². The van der Waals surface area contributed by atoms with Gasteiger partial charge >= 0.3 is 0 Å². The zero-order chi connectivity index (χ0) is 21.3. The highest BCUT2D eigenvalue weighted by Gasteiger charge is 2.32. The highest BCUT2D eigenvalue weighted by molar-refractivity contribution is 5.99. The summed E-state index contributed by atoms with van der Waals surface area (Å²) in [7, 11) is 4.13. The standard InChI is InChI=1S/C24H39N3O2/c1-5-6-7-8-9-10-14-20(2)25-24(29)21-15-11-12-16-22(21)27(3,4)19-26-18-13-17-23(26)28/h11-12,15-16,20H,5-10,13-14,17-19H2,1-4H3/p+1. The Balaban J connectivity index is 1.94. The van der Waals surface area contributed by atoms with E-state index in [4.69, 9.17) is 0 Å². The van der Waals surface area contributed by atoms with Crippen molar-refractivity contribution in [2.24, 2.45) is 0 Å². The van der Waals surface area contributed by atoms with Crippen LogP contribution in [-0.4, -0.2) is 50.1 Å². The van der Waals surface area contributed by atoms with Crippen molar-refractivity contribution >= 4 is 17.5 Å². The minimum Gasteiger partial charge on any atom is -0.349 e. The summed E-state index contributed by atoms with van der Waals surface area (Å²) in [6, 6.07) is 7.95. The SMILES string of the molecule is CCCCCCCCC(C)NC(=O)c1ccccc1[N+](C)(C)CN1CCCC1=O. The molecule has 0 saturated carbocycles. The number of amides is 2. The van der Waals surface area contributed by atoms with Crippen LogP contribution in [0.3, 0.4) is 0 Å². The van der Waals surface area contributed by atoms with Gasteiger partial charge in [-0.25, -0.2) is 0 Å². The summed E-state index contributed by atoms with van der Waals surface area (Å²) >= 11 is 0. The lowest BCUT2D eigenvalue weighted by molar-refractivity contribution is -0.129. The molecule has 1 N–H and O–H groups in total. The number of hydrogen-bond acceptors (Lipinski definition) is 2. The molecule has 5 heteroatoms. The number of nitrogens with zero attached hydrogens (tertiary/aromatic N) is 2. The van der Waals surface area contributed by atoms with Crippen LogP contribution in [0.5, 0.6) is 0 Å². The van der Waals surface area contributed by atoms with Gasteiger partial charge in [0.15, 0.2) is 6.67 Å². The van der Waals surface area contributed by atoms with Crippen molar-refractivity contribution in [3.05, 3.63) is 29.8 Å². The highest BCUT2D eigenvalue weighted by atomic mass is 16.2. The summed E-state index contributed by atoms with van der Waals surface area (Å²) in [6.45, 7) is 5.73. The van der Waals surface area contributed by atoms with E-state index in [0.717, 1.165) is 31.5 Å². The monoisotopic (exact) mass is 402 g/mol. The van der Waals surface area contributed by atoms with E-state index in [-0.39, 0.29) is 17.9 Å². The number of nitrogens with one attached hydrogen (secondary N) is 1. The fraction of sp³-hybridized carbons (Fsp3) is 0.667. The van der Waals surface area contributed by atoms with E-state index in [0.29, 0.717) is 23.1 Å². The van der Waals surface area contributed by atoms with E-state index in [9.17, 15) is 9.59 Å². The molecule has 2 amide bonds. The van der Waals surface area contributed by atoms with E-state index in [1.54, 1.807) is 0 Å². The van der Waals surface area contributed by atoms with Crippen molar-refractivity contribution in [1.29, 1.82) is 0 Å². The number of para-hydroxylation sites is 1. The molecular formula is C24H40N3O2+. The third-order valence-electron chi connectivity index (χ3n) is 5.86. The van der Waals surface area contributed by atoms with Crippen LogP contribution in [-0.2, 0) is 4.79 Å². The summed E-state index contributed by atoms with van der Waals surface area (Å²) in [5.41, 5.74) is 1.66. The number of quaternary nitrogens is 1. The zero-order valence-electron chi connectivity index (χ0n) is 18.9. The third-order valence-corrected chi connectivity index (χ3v) is 5.86. The molecule has 0 aromatic heterocycles. The van der Waals surface area contributed by atoms with E-state index in [1.807, 2.05) is 29.2 Å². The Hall–Kier alpha value is -1.88. The predicted octanol–water partition coefficient (Wildman–Crippen LogP) is 4.70. The number of carbonyl (C=O) groups is 2. The zero-order valence-corrected chi connectivity index (χ0v) is 18.9. The lowest BCUT2D eigenvalue weighted by Crippen LogP contribution is -2.51. The number of hydrogen-bond donors (Lipinski definition) is 1. The number of unbranched alkanes of at least 4 members (excludes halogenated alkanes) is 5. The van der Waals surface area contributed by atoms with Gasteiger partial charge in [0.25, 0.3) is 5.91 Å². The summed E-state index contributed by atoms with van der Waals surface area (Å²) in [5, 5.41) is 3.18. The first-order valence-electron chi connectivity index (χ1n) is 11.4. The molecule has 0 spiro atoms. The van der Waals surface area contributed by atoms with Gasteiger partial charge in [0, 0.05) is 25.1 Å². The molecule has 2 rings (SSSR count). The van der Waals surface area contributed by atoms with E-state index in [2.05, 4.69) is 33.3 Å². The lowest BCUT2D eigenvalue weighted by Gasteiger charge is -2.34. The minimum atomic E-state index is -0.0157. The molecule has 1 fully saturated rings. The van der Waals surface area contributed by atoms with Crippen molar-refractivity contribution in [2.75, 3.05) is 27.3 Å². The molecule has 29 heavy (non-hydrogen) atoms. The summed E-state index contributed by atoms with van der Waals surface area (Å²) in [5.74, 6) is 0.198. The van der Waals surface area contributed by atoms with Gasteiger partial charge in [-0.15, -0.1) is 0 Å². The quantitative estimate of drug-likeness (QED) is 0.407. The van der Waals surface area contributed by atoms with Gasteiger partial charge in [-0.2, -0.15) is 0 Å². The summed E-state index contributed by atoms with van der Waals surface area (Å²) in [4.78, 5) is 27.0. The molecule has 0 bridgehead atoms. The van der Waals surface area contributed by atoms with Crippen molar-refractivity contribution in [3.63, 3.8) is 0 Å². The van der Waals surface area contributed by atoms with Gasteiger partial charge in [0.1, 0.15) is 11.3 Å². The molecule has 1 aliphatic rings. The average Bonchev–Trinajstić information content (AvgIpc) is 3.08. The smallest absolute Gasteiger partial charge is 0.257 e. The van der Waals surface area contributed by atoms with E-state index >= 15 is 0 Å². The van der Waals surface area contributed by atoms with E-state index in [1.165, 1.54) is 32.1 Å². The molecule has 0 aliphatic carbocycles. The van der Waals surface area contributed by atoms with Crippen molar-refractivity contribution in [2.45, 2.75) is 77.7 Å². The average molecular weight is 403 g/mol. The molecule has 1 atom stereocenters. The summed E-state index contributed by atoms with van der Waals surface area (Å²) in [6.07, 6.45) is 10.2. The topological polar surface area (TPSA) is 49.4 Å². The maximum Gasteiger partial charge on any atom is 0.257 e. The molecule has 1 saturated heterocycles. The Kier molecular flexibility index (Phi) is 9.15. The van der Waals surface area contributed by atoms with Gasteiger partial charge in [0.05, 0.1) is 14.1 Å². The summed E-state index contributed by atoms with van der Waals surface area (Å²) < 4.78 is 0.487. The second-order valence-corrected chi connectivity index (χ2v) is 9.04. The van der Waals surface area contributed by atoms with Crippen LogP contribution in [0, 0.1) is 0 Å². The molecule has 5 nitrogen and oxygen atoms in total. The molecule has 1 aliphatic heterocycles. The van der Waals surface area contributed by atoms with Gasteiger partial charge < -0.3 is 5.32 Å². The molecule has 1 aromatic carbocycles. The first-order chi connectivity index (χ1) is 13.8. The van der Waals surface area contributed by atoms with Gasteiger partial charge in [-0.1, -0.05) is 57.6 Å². The Morgan fingerprint density at radius 3 is 2.52 bits per heavy atom. The van der Waals surface area contributed by atoms with Crippen LogP contribution in [0.2, 0.25) is 0 Å². The third kappa shape index (κ3) is 7.14. The van der Waals surface area contributed by atoms with Gasteiger partial charge in [0.2, 0.25) is 5.91 Å². The molecule has 1 aromatic rings. The maximum absolute atomic E-state index is 13.0. The Morgan fingerprint density at radius 1 is 1.14 bits per heavy atom. The van der Waals surface area contributed by atoms with Gasteiger partial charge in [-0.3, -0.25) is 19.0 Å². The predicted molar refractivity (Wildman–Crippen MR) is 121 cm³/mol. The number of likely N-dealkylation sites (tertiary alicyclic amines) is 1. The van der Waals surface area contributed by atoms with Crippen LogP contribution in [0.4, 0.5) is 5.69 Å². The number of rotatable bonds is 12. The second kappa shape index (κ2) is 11.3. The van der Waals surface area contributed by atoms with Crippen LogP contribution < -0.4 is 9.80 Å². The molecule has 0 radical (unpaired) electrons. The first kappa shape index (κ1) is 23.4. The second-order valence-electron chi connectivity index (χ2n) is 9.04. The fourth-order valence-corrected chi connectivity index (χ4v) is 4.15. The first-order valence-corrected chi connectivity index (χ1v) is 11.4. The van der Waals surface area contributed by atoms with Gasteiger partial charge in [-0.05, 0) is 25.8 Å². The Morgan fingerprint density at radius 2 is 1.83 bits per heavy atom. The van der Waals surface area contributed by atoms with Crippen LogP contribution in [0.15, 0.2) is 24.3 Å². The molecule has 1 heterocycles. The highest BCUT2D eigenvalue weighted by Crippen LogP contribution is 2.26. The lowest BCUT2D eigenvalue weighted by atomic mass is 10.1. The van der Waals surface area contributed by atoms with Crippen molar-refractivity contribution in [3.8, 4) is 0 Å². The minimum absolute atomic E-state index is 0.0157. The normalized spacial score (nSPS) is 15.6. The number of benzene rings is 1. The van der Waals surface area contributed by atoms with Crippen molar-refractivity contribution in [1.82, 2.24) is 14.7 Å². The largest absolute Gasteiger partial charge is 0.349 e. The van der Waals surface area contributed by atoms with E-state index < -0.39 is 0 Å². The Bertz CT molecular complexity index is 672. The van der Waals surface area contributed by atoms with Crippen LogP contribution in [0.1, 0.15) is 82.0 Å². The molecule has 162 valence electrons. The fourth-order valence-electron chi connectivity index (χ4n) is 4.15. The van der Waals surface area contributed by atoms with Crippen LogP contribution in [0.25, 0.3) is 0 Å². The Labute approximate surface area is 177 Å². The van der Waals surface area contributed by atoms with Crippen molar-refractivity contribution < 1.29 is 9.59 Å². The molecular weight excluding hydrogens is 362 g/mol. The maximum atomic E-state index is 13.0.